The molecule has 7 nitrogen and oxygen atoms in total. The smallest absolute Gasteiger partial charge is 0.231 e. The molecule has 2 heterocycles. The van der Waals surface area contributed by atoms with Gasteiger partial charge < -0.3 is 15.3 Å². The van der Waals surface area contributed by atoms with E-state index >= 15 is 0 Å². The van der Waals surface area contributed by atoms with E-state index in [-0.39, 0.29) is 17.6 Å². The molecule has 4 rings (SSSR count). The van der Waals surface area contributed by atoms with Crippen LogP contribution in [0.4, 0.5) is 5.82 Å². The highest BCUT2D eigenvalue weighted by Crippen LogP contribution is 2.48. The maximum atomic E-state index is 13.1. The van der Waals surface area contributed by atoms with Crippen LogP contribution in [0.15, 0.2) is 36.4 Å². The fourth-order valence-corrected chi connectivity index (χ4v) is 3.93. The summed E-state index contributed by atoms with van der Waals surface area (Å²) in [6.45, 7) is 5.12. The van der Waals surface area contributed by atoms with Crippen molar-refractivity contribution in [2.24, 2.45) is 0 Å². The van der Waals surface area contributed by atoms with Gasteiger partial charge in [-0.15, -0.1) is 10.2 Å². The normalized spacial score (nSPS) is 22.4. The number of nitrogens with one attached hydrogen (secondary N) is 1. The van der Waals surface area contributed by atoms with E-state index in [1.807, 2.05) is 11.0 Å². The highest BCUT2D eigenvalue weighted by atomic mass is 16.3. The largest absolute Gasteiger partial charge is 0.389 e. The van der Waals surface area contributed by atoms with Gasteiger partial charge in [-0.3, -0.25) is 4.79 Å². The number of carbonyl (C=O) groups excluding carboxylic acids is 1. The topological polar surface area (TPSA) is 102 Å². The average Bonchev–Trinajstić information content (AvgIpc) is 3.47. The summed E-state index contributed by atoms with van der Waals surface area (Å²) in [5, 5.41) is 30.2. The van der Waals surface area contributed by atoms with Crippen molar-refractivity contribution in [2.45, 2.75) is 50.2 Å². The van der Waals surface area contributed by atoms with E-state index in [1.54, 1.807) is 12.1 Å². The van der Waals surface area contributed by atoms with E-state index in [2.05, 4.69) is 53.6 Å². The molecular formula is C22H25N5O2. The molecule has 0 bridgehead atoms. The summed E-state index contributed by atoms with van der Waals surface area (Å²) < 4.78 is 0. The molecule has 1 aromatic carbocycles. The summed E-state index contributed by atoms with van der Waals surface area (Å²) in [4.78, 5) is 14.9. The number of anilines is 1. The summed E-state index contributed by atoms with van der Waals surface area (Å²) in [6, 6.07) is 13.2. The summed E-state index contributed by atoms with van der Waals surface area (Å²) in [5.41, 5.74) is 2.08. The highest BCUT2D eigenvalue weighted by molar-refractivity contribution is 5.91. The number of nitriles is 1. The molecule has 1 saturated heterocycles. The first-order valence-corrected chi connectivity index (χ1v) is 10.0. The Morgan fingerprint density at radius 2 is 1.93 bits per heavy atom. The number of hydrogen-bond donors (Lipinski definition) is 2. The Kier molecular flexibility index (Phi) is 4.97. The summed E-state index contributed by atoms with van der Waals surface area (Å²) in [6.07, 6.45) is 0.969. The zero-order valence-electron chi connectivity index (χ0n) is 16.7. The number of β-amino-alcohol motifs (C(OH)–C–C–N with tert-alkyl or cyclic N) is 1. The van der Waals surface area contributed by atoms with Crippen molar-refractivity contribution in [3.05, 3.63) is 53.2 Å². The minimum Gasteiger partial charge on any atom is -0.389 e. The number of aromatic nitrogens is 2. The van der Waals surface area contributed by atoms with Crippen LogP contribution in [0, 0.1) is 11.3 Å². The van der Waals surface area contributed by atoms with E-state index in [1.165, 1.54) is 5.56 Å². The Balaban J connectivity index is 1.43. The number of carbonyl (C=O) groups is 1. The van der Waals surface area contributed by atoms with E-state index < -0.39 is 11.5 Å². The average molecular weight is 391 g/mol. The predicted octanol–water partition coefficient (Wildman–Crippen LogP) is 1.87. The molecule has 1 amide bonds. The molecule has 2 aromatic rings. The van der Waals surface area contributed by atoms with Crippen molar-refractivity contribution in [3.8, 4) is 6.07 Å². The molecule has 1 saturated carbocycles. The third-order valence-electron chi connectivity index (χ3n) is 6.01. The molecule has 2 fully saturated rings. The maximum absolute atomic E-state index is 13.1. The minimum atomic E-state index is -0.685. The van der Waals surface area contributed by atoms with Gasteiger partial charge >= 0.3 is 0 Å². The van der Waals surface area contributed by atoms with Gasteiger partial charge in [0.05, 0.1) is 17.6 Å². The second-order valence-electron chi connectivity index (χ2n) is 8.30. The first-order valence-electron chi connectivity index (χ1n) is 10.0. The van der Waals surface area contributed by atoms with Gasteiger partial charge in [0.15, 0.2) is 11.5 Å². The molecule has 1 aliphatic heterocycles. The predicted molar refractivity (Wildman–Crippen MR) is 108 cm³/mol. The zero-order chi connectivity index (χ0) is 20.6. The molecule has 0 radical (unpaired) electrons. The minimum absolute atomic E-state index is 0.0217. The van der Waals surface area contributed by atoms with Crippen LogP contribution in [0.5, 0.6) is 0 Å². The second kappa shape index (κ2) is 7.45. The third kappa shape index (κ3) is 3.68. The molecule has 0 unspecified atom stereocenters. The molecule has 29 heavy (non-hydrogen) atoms. The number of nitrogens with zero attached hydrogens (tertiary/aromatic N) is 4. The SMILES string of the molecule is CC(C)c1ccc(C2(C(=O)N[C@H]3CN(c4ccc(C#N)nn4)C[C@@H]3O)CC2)cc1. The Hall–Kier alpha value is -2.98. The summed E-state index contributed by atoms with van der Waals surface area (Å²) in [5.74, 6) is 1.02. The number of aliphatic hydroxyl groups is 1. The molecular weight excluding hydrogens is 366 g/mol. The van der Waals surface area contributed by atoms with Crippen molar-refractivity contribution in [1.82, 2.24) is 15.5 Å². The van der Waals surface area contributed by atoms with Crippen LogP contribution in [0.2, 0.25) is 0 Å². The van der Waals surface area contributed by atoms with E-state index in [4.69, 9.17) is 5.26 Å². The Bertz CT molecular complexity index is 929. The standard InChI is InChI=1S/C22H25N5O2/c1-14(2)15-3-5-16(6-4-15)22(9-10-22)21(29)24-18-12-27(13-19(18)28)20-8-7-17(11-23)25-26-20/h3-8,14,18-19,28H,9-10,12-13H2,1-2H3,(H,24,29)/t18-,19-/m0/s1. The quantitative estimate of drug-likeness (QED) is 0.807. The molecule has 7 heteroatoms. The number of hydrogen-bond acceptors (Lipinski definition) is 6. The van der Waals surface area contributed by atoms with Crippen molar-refractivity contribution in [2.75, 3.05) is 18.0 Å². The van der Waals surface area contributed by atoms with Crippen LogP contribution < -0.4 is 10.2 Å². The molecule has 2 N–H and O–H groups in total. The van der Waals surface area contributed by atoms with Crippen LogP contribution in [-0.2, 0) is 10.2 Å². The Labute approximate surface area is 170 Å². The lowest BCUT2D eigenvalue weighted by molar-refractivity contribution is -0.124. The van der Waals surface area contributed by atoms with Crippen LogP contribution in [0.3, 0.4) is 0 Å². The molecule has 0 spiro atoms. The summed E-state index contributed by atoms with van der Waals surface area (Å²) in [7, 11) is 0. The van der Waals surface area contributed by atoms with Crippen molar-refractivity contribution in [1.29, 1.82) is 5.26 Å². The van der Waals surface area contributed by atoms with E-state index in [0.29, 0.717) is 24.8 Å². The van der Waals surface area contributed by atoms with Gasteiger partial charge in [-0.1, -0.05) is 38.1 Å². The maximum Gasteiger partial charge on any atom is 0.231 e. The second-order valence-corrected chi connectivity index (χ2v) is 8.30. The lowest BCUT2D eigenvalue weighted by Gasteiger charge is -2.22. The van der Waals surface area contributed by atoms with Gasteiger partial charge in [0.2, 0.25) is 5.91 Å². The first kappa shape index (κ1) is 19.3. The van der Waals surface area contributed by atoms with Crippen LogP contribution >= 0.6 is 0 Å². The Morgan fingerprint density at radius 3 is 2.48 bits per heavy atom. The number of aliphatic hydroxyl groups excluding tert-OH is 1. The number of rotatable bonds is 5. The molecule has 2 aliphatic rings. The van der Waals surface area contributed by atoms with E-state index in [0.717, 1.165) is 18.4 Å². The number of benzene rings is 1. The van der Waals surface area contributed by atoms with Gasteiger partial charge in [0.1, 0.15) is 6.07 Å². The Morgan fingerprint density at radius 1 is 1.21 bits per heavy atom. The van der Waals surface area contributed by atoms with Crippen LogP contribution in [-0.4, -0.2) is 46.4 Å². The first-order chi connectivity index (χ1) is 13.9. The van der Waals surface area contributed by atoms with Crippen LogP contribution in [0.1, 0.15) is 49.4 Å². The third-order valence-corrected chi connectivity index (χ3v) is 6.01. The molecule has 1 aromatic heterocycles. The van der Waals surface area contributed by atoms with Gasteiger partial charge in [-0.25, -0.2) is 0 Å². The van der Waals surface area contributed by atoms with Gasteiger partial charge in [-0.05, 0) is 42.0 Å². The van der Waals surface area contributed by atoms with Crippen molar-refractivity contribution >= 4 is 11.7 Å². The number of amides is 1. The molecule has 150 valence electrons. The van der Waals surface area contributed by atoms with E-state index in [9.17, 15) is 9.90 Å². The fourth-order valence-electron chi connectivity index (χ4n) is 3.93. The fraction of sp³-hybridized carbons (Fsp3) is 0.455. The lowest BCUT2D eigenvalue weighted by atomic mass is 9.92. The van der Waals surface area contributed by atoms with Gasteiger partial charge in [0, 0.05) is 13.1 Å². The van der Waals surface area contributed by atoms with Gasteiger partial charge in [-0.2, -0.15) is 5.26 Å². The highest BCUT2D eigenvalue weighted by Gasteiger charge is 2.52. The molecule has 1 aliphatic carbocycles. The van der Waals surface area contributed by atoms with Crippen molar-refractivity contribution in [3.63, 3.8) is 0 Å². The lowest BCUT2D eigenvalue weighted by Crippen LogP contribution is -2.47. The molecule has 2 atom stereocenters. The van der Waals surface area contributed by atoms with Crippen LogP contribution in [0.25, 0.3) is 0 Å². The summed E-state index contributed by atoms with van der Waals surface area (Å²) >= 11 is 0. The monoisotopic (exact) mass is 391 g/mol. The van der Waals surface area contributed by atoms with Crippen molar-refractivity contribution < 1.29 is 9.90 Å². The van der Waals surface area contributed by atoms with Gasteiger partial charge in [0.25, 0.3) is 0 Å². The zero-order valence-corrected chi connectivity index (χ0v) is 16.7.